The van der Waals surface area contributed by atoms with Crippen molar-refractivity contribution in [1.29, 1.82) is 0 Å². The molecule has 1 heterocycles. The van der Waals surface area contributed by atoms with Crippen LogP contribution >= 0.6 is 0 Å². The molecule has 3 N–H and O–H groups in total. The maximum absolute atomic E-state index is 9.81. The summed E-state index contributed by atoms with van der Waals surface area (Å²) in [6.45, 7) is 3.44. The zero-order valence-corrected chi connectivity index (χ0v) is 11.9. The number of aliphatic hydroxyl groups is 1. The number of piperazine rings is 1. The Hall–Kier alpha value is -1.50. The highest BCUT2D eigenvalue weighted by atomic mass is 16.5. The predicted octanol–water partition coefficient (Wildman–Crippen LogP) is 0.348. The quantitative estimate of drug-likeness (QED) is 0.723. The smallest absolute Gasteiger partial charge is 0.131 e. The fourth-order valence-corrected chi connectivity index (χ4v) is 2.64. The molecule has 1 atom stereocenters. The SMILES string of the molecule is COc1cc(O)cc(OC)c1[C@@H](CO)N1CCNCC1. The molecule has 6 nitrogen and oxygen atoms in total. The summed E-state index contributed by atoms with van der Waals surface area (Å²) in [7, 11) is 3.09. The van der Waals surface area contributed by atoms with Crippen LogP contribution in [0.15, 0.2) is 12.1 Å². The van der Waals surface area contributed by atoms with Crippen molar-refractivity contribution in [2.24, 2.45) is 0 Å². The molecule has 1 saturated heterocycles. The van der Waals surface area contributed by atoms with E-state index in [0.29, 0.717) is 11.5 Å². The third kappa shape index (κ3) is 2.98. The van der Waals surface area contributed by atoms with E-state index in [0.717, 1.165) is 31.7 Å². The van der Waals surface area contributed by atoms with Crippen molar-refractivity contribution in [2.75, 3.05) is 47.0 Å². The molecule has 1 aromatic carbocycles. The molecule has 1 aliphatic rings. The van der Waals surface area contributed by atoms with Crippen LogP contribution in [0, 0.1) is 0 Å². The summed E-state index contributed by atoms with van der Waals surface area (Å²) in [6.07, 6.45) is 0. The molecule has 1 aliphatic heterocycles. The van der Waals surface area contributed by atoms with E-state index >= 15 is 0 Å². The summed E-state index contributed by atoms with van der Waals surface area (Å²) in [5, 5.41) is 22.8. The molecular weight excluding hydrogens is 260 g/mol. The third-order valence-electron chi connectivity index (χ3n) is 3.63. The number of aliphatic hydroxyl groups excluding tert-OH is 1. The molecule has 0 radical (unpaired) electrons. The van der Waals surface area contributed by atoms with Gasteiger partial charge in [-0.15, -0.1) is 0 Å². The van der Waals surface area contributed by atoms with Crippen LogP contribution in [0.4, 0.5) is 0 Å². The minimum absolute atomic E-state index is 0.0303. The standard InChI is InChI=1S/C14H22N2O4/c1-19-12-7-10(18)8-13(20-2)14(12)11(9-17)16-5-3-15-4-6-16/h7-8,11,15,17-18H,3-6,9H2,1-2H3/t11-/m1/s1. The average molecular weight is 282 g/mol. The number of ether oxygens (including phenoxy) is 2. The first kappa shape index (κ1) is 14.9. The number of nitrogens with one attached hydrogen (secondary N) is 1. The molecule has 0 bridgehead atoms. The van der Waals surface area contributed by atoms with Gasteiger partial charge in [0.15, 0.2) is 0 Å². The van der Waals surface area contributed by atoms with Gasteiger partial charge in [-0.3, -0.25) is 4.90 Å². The molecule has 6 heteroatoms. The van der Waals surface area contributed by atoms with E-state index in [4.69, 9.17) is 9.47 Å². The highest BCUT2D eigenvalue weighted by molar-refractivity contribution is 5.52. The van der Waals surface area contributed by atoms with Crippen LogP contribution in [0.3, 0.4) is 0 Å². The second-order valence-electron chi connectivity index (χ2n) is 4.75. The van der Waals surface area contributed by atoms with Crippen LogP contribution < -0.4 is 14.8 Å². The molecule has 2 rings (SSSR count). The predicted molar refractivity (Wildman–Crippen MR) is 75.5 cm³/mol. The van der Waals surface area contributed by atoms with Crippen LogP contribution in [0.1, 0.15) is 11.6 Å². The number of aromatic hydroxyl groups is 1. The lowest BCUT2D eigenvalue weighted by atomic mass is 10.0. The monoisotopic (exact) mass is 282 g/mol. The number of benzene rings is 1. The van der Waals surface area contributed by atoms with Gasteiger partial charge in [0.25, 0.3) is 0 Å². The summed E-state index contributed by atoms with van der Waals surface area (Å²) < 4.78 is 10.7. The fourth-order valence-electron chi connectivity index (χ4n) is 2.64. The second kappa shape index (κ2) is 6.78. The number of rotatable bonds is 5. The number of methoxy groups -OCH3 is 2. The Labute approximate surface area is 118 Å². The maximum atomic E-state index is 9.81. The van der Waals surface area contributed by atoms with Crippen LogP contribution in [0.25, 0.3) is 0 Å². The Morgan fingerprint density at radius 2 is 1.75 bits per heavy atom. The van der Waals surface area contributed by atoms with Gasteiger partial charge in [-0.1, -0.05) is 0 Å². The van der Waals surface area contributed by atoms with E-state index < -0.39 is 0 Å². The van der Waals surface area contributed by atoms with E-state index in [1.807, 2.05) is 0 Å². The molecule has 0 saturated carbocycles. The zero-order chi connectivity index (χ0) is 14.5. The van der Waals surface area contributed by atoms with Gasteiger partial charge in [0.05, 0.1) is 32.4 Å². The minimum atomic E-state index is -0.206. The van der Waals surface area contributed by atoms with Gasteiger partial charge in [-0.2, -0.15) is 0 Å². The Morgan fingerprint density at radius 3 is 2.20 bits per heavy atom. The van der Waals surface area contributed by atoms with Gasteiger partial charge in [0, 0.05) is 38.3 Å². The van der Waals surface area contributed by atoms with E-state index in [1.54, 1.807) is 26.4 Å². The van der Waals surface area contributed by atoms with E-state index in [2.05, 4.69) is 10.2 Å². The van der Waals surface area contributed by atoms with E-state index in [1.165, 1.54) is 0 Å². The first-order valence-corrected chi connectivity index (χ1v) is 6.71. The first-order valence-electron chi connectivity index (χ1n) is 6.71. The molecule has 20 heavy (non-hydrogen) atoms. The third-order valence-corrected chi connectivity index (χ3v) is 3.63. The van der Waals surface area contributed by atoms with Crippen molar-refractivity contribution in [1.82, 2.24) is 10.2 Å². The van der Waals surface area contributed by atoms with Crippen LogP contribution in [0.2, 0.25) is 0 Å². The van der Waals surface area contributed by atoms with Crippen molar-refractivity contribution >= 4 is 0 Å². The van der Waals surface area contributed by atoms with Gasteiger partial charge < -0.3 is 25.0 Å². The van der Waals surface area contributed by atoms with Crippen molar-refractivity contribution < 1.29 is 19.7 Å². The number of hydrogen-bond acceptors (Lipinski definition) is 6. The lowest BCUT2D eigenvalue weighted by Crippen LogP contribution is -2.46. The van der Waals surface area contributed by atoms with Gasteiger partial charge in [0.2, 0.25) is 0 Å². The topological polar surface area (TPSA) is 74.2 Å². The summed E-state index contributed by atoms with van der Waals surface area (Å²) in [5.74, 6) is 1.14. The van der Waals surface area contributed by atoms with E-state index in [-0.39, 0.29) is 18.4 Å². The molecular formula is C14H22N2O4. The highest BCUT2D eigenvalue weighted by Crippen LogP contribution is 2.40. The highest BCUT2D eigenvalue weighted by Gasteiger charge is 2.28. The molecule has 0 amide bonds. The second-order valence-corrected chi connectivity index (χ2v) is 4.75. The Balaban J connectivity index is 2.41. The summed E-state index contributed by atoms with van der Waals surface area (Å²) >= 11 is 0. The lowest BCUT2D eigenvalue weighted by molar-refractivity contribution is 0.106. The zero-order valence-electron chi connectivity index (χ0n) is 11.9. The van der Waals surface area contributed by atoms with Crippen molar-refractivity contribution in [2.45, 2.75) is 6.04 Å². The Bertz CT molecular complexity index is 422. The molecule has 0 spiro atoms. The van der Waals surface area contributed by atoms with Crippen LogP contribution in [-0.2, 0) is 0 Å². The number of phenolic OH excluding ortho intramolecular Hbond substituents is 1. The average Bonchev–Trinajstić information content (AvgIpc) is 2.49. The van der Waals surface area contributed by atoms with Crippen molar-refractivity contribution in [3.8, 4) is 17.2 Å². The summed E-state index contributed by atoms with van der Waals surface area (Å²) in [4.78, 5) is 2.19. The normalized spacial score (nSPS) is 17.8. The largest absolute Gasteiger partial charge is 0.508 e. The van der Waals surface area contributed by atoms with E-state index in [9.17, 15) is 10.2 Å². The van der Waals surface area contributed by atoms with Crippen LogP contribution in [-0.4, -0.2) is 62.1 Å². The molecule has 0 unspecified atom stereocenters. The van der Waals surface area contributed by atoms with Gasteiger partial charge >= 0.3 is 0 Å². The molecule has 0 aromatic heterocycles. The summed E-state index contributed by atoms with van der Waals surface area (Å²) in [6, 6.07) is 2.88. The molecule has 0 aliphatic carbocycles. The minimum Gasteiger partial charge on any atom is -0.508 e. The first-order chi connectivity index (χ1) is 9.71. The fraction of sp³-hybridized carbons (Fsp3) is 0.571. The Morgan fingerprint density at radius 1 is 1.20 bits per heavy atom. The number of nitrogens with zero attached hydrogens (tertiary/aromatic N) is 1. The molecule has 112 valence electrons. The van der Waals surface area contributed by atoms with Crippen molar-refractivity contribution in [3.63, 3.8) is 0 Å². The van der Waals surface area contributed by atoms with Crippen molar-refractivity contribution in [3.05, 3.63) is 17.7 Å². The lowest BCUT2D eigenvalue weighted by Gasteiger charge is -2.35. The Kier molecular flexibility index (Phi) is 5.05. The molecule has 1 fully saturated rings. The number of hydrogen-bond donors (Lipinski definition) is 3. The van der Waals surface area contributed by atoms with Gasteiger partial charge in [-0.25, -0.2) is 0 Å². The van der Waals surface area contributed by atoms with Crippen LogP contribution in [0.5, 0.6) is 17.2 Å². The van der Waals surface area contributed by atoms with Gasteiger partial charge in [-0.05, 0) is 0 Å². The van der Waals surface area contributed by atoms with Gasteiger partial charge in [0.1, 0.15) is 17.2 Å². The number of phenols is 1. The molecule has 1 aromatic rings. The maximum Gasteiger partial charge on any atom is 0.131 e. The summed E-state index contributed by atoms with van der Waals surface area (Å²) in [5.41, 5.74) is 0.775.